The maximum atomic E-state index is 14.0. The second-order valence-electron chi connectivity index (χ2n) is 11.9. The molecule has 1 spiro atoms. The zero-order valence-electron chi connectivity index (χ0n) is 23.6. The minimum Gasteiger partial charge on any atom is -0.342 e. The number of carbonyl (C=O) groups is 1. The van der Waals surface area contributed by atoms with E-state index in [0.717, 1.165) is 36.0 Å². The van der Waals surface area contributed by atoms with Crippen LogP contribution in [-0.4, -0.2) is 64.2 Å². The van der Waals surface area contributed by atoms with Gasteiger partial charge in [0.05, 0.1) is 10.8 Å². The lowest BCUT2D eigenvalue weighted by molar-refractivity contribution is -0.132. The van der Waals surface area contributed by atoms with Gasteiger partial charge in [-0.25, -0.2) is 21.6 Å². The molecule has 2 aromatic rings. The third kappa shape index (κ3) is 6.77. The molecule has 41 heavy (non-hydrogen) atoms. The van der Waals surface area contributed by atoms with Crippen LogP contribution >= 0.6 is 0 Å². The maximum Gasteiger partial charge on any atom is 0.243 e. The number of benzene rings is 2. The molecule has 5 rings (SSSR count). The molecule has 10 heteroatoms. The average Bonchev–Trinajstić information content (AvgIpc) is 3.64. The van der Waals surface area contributed by atoms with Gasteiger partial charge in [-0.15, -0.1) is 0 Å². The molecule has 2 aliphatic heterocycles. The molecule has 0 bridgehead atoms. The molecule has 1 unspecified atom stereocenters. The van der Waals surface area contributed by atoms with Gasteiger partial charge in [0.1, 0.15) is 0 Å². The standard InChI is InChI=1S/C31H41N3O5S2/c1-2-40(36,37)32-23-27-12-9-20-34(27)41(38,39)28-15-13-26(14-16-28)29(22-25-10-5-3-6-11-25)30(35)33-21-19-31(24-33)17-7-4-8-18-31/h2-3,5-6,10-11,13-16,27,29,32H,1,4,7-9,12,17-24H2/t27-,29?/m1/s1. The van der Waals surface area contributed by atoms with Gasteiger partial charge in [0.2, 0.25) is 26.0 Å². The number of nitrogens with one attached hydrogen (secondary N) is 1. The lowest BCUT2D eigenvalue weighted by atomic mass is 9.73. The Kier molecular flexibility index (Phi) is 9.04. The highest BCUT2D eigenvalue weighted by atomic mass is 32.2. The zero-order valence-corrected chi connectivity index (χ0v) is 25.2. The molecule has 3 aliphatic rings. The highest BCUT2D eigenvalue weighted by Crippen LogP contribution is 2.44. The van der Waals surface area contributed by atoms with Crippen molar-refractivity contribution in [2.75, 3.05) is 26.2 Å². The second kappa shape index (κ2) is 12.4. The number of hydrogen-bond acceptors (Lipinski definition) is 5. The molecule has 1 amide bonds. The molecule has 2 saturated heterocycles. The lowest BCUT2D eigenvalue weighted by Gasteiger charge is -2.33. The van der Waals surface area contributed by atoms with Crippen LogP contribution in [0.4, 0.5) is 0 Å². The highest BCUT2D eigenvalue weighted by molar-refractivity contribution is 7.92. The fourth-order valence-electron chi connectivity index (χ4n) is 6.86. The fraction of sp³-hybridized carbons (Fsp3) is 0.516. The quantitative estimate of drug-likeness (QED) is 0.436. The summed E-state index contributed by atoms with van der Waals surface area (Å²) in [5, 5.41) is 0.823. The Bertz CT molecular complexity index is 1440. The Morgan fingerprint density at radius 2 is 1.66 bits per heavy atom. The number of likely N-dealkylation sites (tertiary alicyclic amines) is 1. The van der Waals surface area contributed by atoms with E-state index < -0.39 is 32.0 Å². The summed E-state index contributed by atoms with van der Waals surface area (Å²) < 4.78 is 54.6. The SMILES string of the molecule is C=CS(=O)(=O)NC[C@H]1CCCN1S(=O)(=O)c1ccc(C(Cc2ccccc2)C(=O)N2CCC3(CCCCC3)C2)cc1. The topological polar surface area (TPSA) is 104 Å². The van der Waals surface area contributed by atoms with E-state index in [0.29, 0.717) is 25.8 Å². The molecule has 0 radical (unpaired) electrons. The van der Waals surface area contributed by atoms with E-state index in [9.17, 15) is 21.6 Å². The van der Waals surface area contributed by atoms with Crippen molar-refractivity contribution in [1.82, 2.24) is 13.9 Å². The number of rotatable bonds is 10. The first-order chi connectivity index (χ1) is 19.6. The normalized spacial score (nSPS) is 22.1. The van der Waals surface area contributed by atoms with Crippen molar-refractivity contribution >= 4 is 26.0 Å². The summed E-state index contributed by atoms with van der Waals surface area (Å²) in [7, 11) is -7.49. The van der Waals surface area contributed by atoms with Crippen LogP contribution < -0.4 is 4.72 Å². The molecule has 222 valence electrons. The summed E-state index contributed by atoms with van der Waals surface area (Å²) in [5.41, 5.74) is 2.13. The smallest absolute Gasteiger partial charge is 0.243 e. The van der Waals surface area contributed by atoms with Crippen LogP contribution in [0, 0.1) is 5.41 Å². The van der Waals surface area contributed by atoms with Gasteiger partial charge < -0.3 is 4.90 Å². The minimum atomic E-state index is -3.84. The monoisotopic (exact) mass is 599 g/mol. The van der Waals surface area contributed by atoms with Crippen molar-refractivity contribution in [3.05, 3.63) is 77.7 Å². The van der Waals surface area contributed by atoms with E-state index in [4.69, 9.17) is 0 Å². The van der Waals surface area contributed by atoms with Crippen LogP contribution in [0.15, 0.2) is 71.5 Å². The second-order valence-corrected chi connectivity index (χ2v) is 15.5. The molecule has 3 fully saturated rings. The number of amides is 1. The molecular weight excluding hydrogens is 558 g/mol. The number of carbonyl (C=O) groups excluding carboxylic acids is 1. The summed E-state index contributed by atoms with van der Waals surface area (Å²) in [6, 6.07) is 16.2. The Balaban J connectivity index is 1.36. The maximum absolute atomic E-state index is 14.0. The zero-order chi connectivity index (χ0) is 29.1. The van der Waals surface area contributed by atoms with Crippen molar-refractivity contribution in [2.24, 2.45) is 5.41 Å². The van der Waals surface area contributed by atoms with Gasteiger partial charge in [-0.1, -0.05) is 68.3 Å². The molecule has 1 N–H and O–H groups in total. The Morgan fingerprint density at radius 1 is 0.951 bits per heavy atom. The summed E-state index contributed by atoms with van der Waals surface area (Å²) in [6.07, 6.45) is 8.99. The van der Waals surface area contributed by atoms with Crippen LogP contribution in [0.25, 0.3) is 0 Å². The van der Waals surface area contributed by atoms with E-state index in [1.54, 1.807) is 24.3 Å². The van der Waals surface area contributed by atoms with E-state index in [-0.39, 0.29) is 22.8 Å². The third-order valence-corrected chi connectivity index (χ3v) is 12.2. The molecule has 8 nitrogen and oxygen atoms in total. The van der Waals surface area contributed by atoms with E-state index in [1.807, 2.05) is 35.2 Å². The van der Waals surface area contributed by atoms with Crippen LogP contribution in [-0.2, 0) is 31.3 Å². The molecule has 0 aromatic heterocycles. The number of hydrogen-bond donors (Lipinski definition) is 1. The van der Waals surface area contributed by atoms with Crippen molar-refractivity contribution in [1.29, 1.82) is 0 Å². The molecule has 2 atom stereocenters. The van der Waals surface area contributed by atoms with Gasteiger partial charge in [0.15, 0.2) is 0 Å². The Morgan fingerprint density at radius 3 is 2.34 bits per heavy atom. The average molecular weight is 600 g/mol. The summed E-state index contributed by atoms with van der Waals surface area (Å²) >= 11 is 0. The van der Waals surface area contributed by atoms with E-state index in [2.05, 4.69) is 11.3 Å². The van der Waals surface area contributed by atoms with Gasteiger partial charge in [-0.2, -0.15) is 4.31 Å². The molecule has 2 heterocycles. The van der Waals surface area contributed by atoms with Gasteiger partial charge in [0, 0.05) is 37.6 Å². The Labute approximate surface area is 244 Å². The minimum absolute atomic E-state index is 0.00333. The first kappa shape index (κ1) is 29.9. The molecule has 1 saturated carbocycles. The lowest BCUT2D eigenvalue weighted by Crippen LogP contribution is -2.42. The fourth-order valence-corrected chi connectivity index (χ4v) is 9.09. The first-order valence-electron chi connectivity index (χ1n) is 14.7. The molecule has 1 aliphatic carbocycles. The predicted octanol–water partition coefficient (Wildman–Crippen LogP) is 4.41. The van der Waals surface area contributed by atoms with Crippen LogP contribution in [0.3, 0.4) is 0 Å². The van der Waals surface area contributed by atoms with Crippen molar-refractivity contribution in [3.8, 4) is 0 Å². The highest BCUT2D eigenvalue weighted by Gasteiger charge is 2.42. The summed E-state index contributed by atoms with van der Waals surface area (Å²) in [4.78, 5) is 16.2. The van der Waals surface area contributed by atoms with Crippen LogP contribution in [0.1, 0.15) is 68.4 Å². The molecule has 2 aromatic carbocycles. The van der Waals surface area contributed by atoms with Crippen molar-refractivity contribution in [2.45, 2.75) is 74.6 Å². The molecular formula is C31H41N3O5S2. The van der Waals surface area contributed by atoms with E-state index >= 15 is 0 Å². The van der Waals surface area contributed by atoms with Gasteiger partial charge in [-0.3, -0.25) is 4.79 Å². The van der Waals surface area contributed by atoms with Gasteiger partial charge >= 0.3 is 0 Å². The van der Waals surface area contributed by atoms with Gasteiger partial charge in [0.25, 0.3) is 0 Å². The predicted molar refractivity (Wildman–Crippen MR) is 160 cm³/mol. The number of sulfonamides is 2. The first-order valence-corrected chi connectivity index (χ1v) is 17.7. The number of nitrogens with zero attached hydrogens (tertiary/aromatic N) is 2. The Hall–Kier alpha value is -2.53. The third-order valence-electron chi connectivity index (χ3n) is 9.20. The van der Waals surface area contributed by atoms with Crippen LogP contribution in [0.2, 0.25) is 0 Å². The van der Waals surface area contributed by atoms with E-state index in [1.165, 1.54) is 36.4 Å². The summed E-state index contributed by atoms with van der Waals surface area (Å²) in [5.74, 6) is -0.290. The summed E-state index contributed by atoms with van der Waals surface area (Å²) in [6.45, 7) is 5.21. The van der Waals surface area contributed by atoms with Crippen molar-refractivity contribution < 1.29 is 21.6 Å². The van der Waals surface area contributed by atoms with Crippen LogP contribution in [0.5, 0.6) is 0 Å². The van der Waals surface area contributed by atoms with Crippen molar-refractivity contribution in [3.63, 3.8) is 0 Å². The largest absolute Gasteiger partial charge is 0.342 e. The van der Waals surface area contributed by atoms with Gasteiger partial charge in [-0.05, 0) is 67.2 Å².